The van der Waals surface area contributed by atoms with Crippen LogP contribution in [0.5, 0.6) is 11.5 Å². The average molecular weight is 341 g/mol. The molecule has 0 aliphatic carbocycles. The minimum Gasteiger partial charge on any atom is -0.504 e. The molecule has 0 spiro atoms. The summed E-state index contributed by atoms with van der Waals surface area (Å²) in [5.41, 5.74) is 9.96. The van der Waals surface area contributed by atoms with E-state index in [0.29, 0.717) is 0 Å². The molecule has 1 aromatic rings. The number of rotatable bonds is 3. The second kappa shape index (κ2) is 5.78. The number of guanidine groups is 1. The predicted octanol–water partition coefficient (Wildman–Crippen LogP) is 1.66. The quantitative estimate of drug-likeness (QED) is 0.442. The standard InChI is InChI=1S/C9H8BrF3N4O2/c10-5-1-4(3-16-17-8(14)15)7(18)6(2-5)19-9(11,12)13/h1-3,18H,(H4,14,15,17). The molecule has 10 heteroatoms. The van der Waals surface area contributed by atoms with Crippen molar-refractivity contribution < 1.29 is 23.0 Å². The van der Waals surface area contributed by atoms with Gasteiger partial charge in [-0.2, -0.15) is 5.10 Å². The topological polar surface area (TPSA) is 106 Å². The monoisotopic (exact) mass is 340 g/mol. The van der Waals surface area contributed by atoms with Gasteiger partial charge in [0.2, 0.25) is 5.96 Å². The summed E-state index contributed by atoms with van der Waals surface area (Å²) in [5, 5.41) is 16.2. The summed E-state index contributed by atoms with van der Waals surface area (Å²) in [6.45, 7) is 0. The van der Waals surface area contributed by atoms with Gasteiger partial charge < -0.3 is 21.3 Å². The van der Waals surface area contributed by atoms with Gasteiger partial charge in [-0.3, -0.25) is 0 Å². The lowest BCUT2D eigenvalue weighted by molar-refractivity contribution is -0.275. The number of hydrogen-bond acceptors (Lipinski definition) is 4. The van der Waals surface area contributed by atoms with Crippen molar-refractivity contribution in [2.75, 3.05) is 0 Å². The van der Waals surface area contributed by atoms with Crippen LogP contribution in [-0.2, 0) is 0 Å². The molecule has 0 aliphatic heterocycles. The van der Waals surface area contributed by atoms with Crippen molar-refractivity contribution in [2.45, 2.75) is 6.36 Å². The fourth-order valence-electron chi connectivity index (χ4n) is 1.05. The van der Waals surface area contributed by atoms with Gasteiger partial charge in [-0.25, -0.2) is 0 Å². The third kappa shape index (κ3) is 5.04. The van der Waals surface area contributed by atoms with Gasteiger partial charge in [0.05, 0.1) is 6.21 Å². The molecule has 5 N–H and O–H groups in total. The van der Waals surface area contributed by atoms with Crippen LogP contribution in [0.25, 0.3) is 0 Å². The maximum atomic E-state index is 12.1. The highest BCUT2D eigenvalue weighted by molar-refractivity contribution is 9.10. The van der Waals surface area contributed by atoms with Crippen molar-refractivity contribution in [3.63, 3.8) is 0 Å². The Morgan fingerprint density at radius 1 is 1.37 bits per heavy atom. The number of phenolic OH excluding ortho intramolecular Hbond substituents is 1. The van der Waals surface area contributed by atoms with Gasteiger partial charge in [0.1, 0.15) is 0 Å². The Balaban J connectivity index is 3.13. The Morgan fingerprint density at radius 2 is 2.00 bits per heavy atom. The first-order valence-electron chi connectivity index (χ1n) is 4.59. The van der Waals surface area contributed by atoms with Crippen LogP contribution in [0.4, 0.5) is 13.2 Å². The van der Waals surface area contributed by atoms with Crippen molar-refractivity contribution in [1.82, 2.24) is 0 Å². The molecule has 0 radical (unpaired) electrons. The van der Waals surface area contributed by atoms with Crippen molar-refractivity contribution in [3.8, 4) is 11.5 Å². The van der Waals surface area contributed by atoms with Crippen molar-refractivity contribution in [2.24, 2.45) is 21.7 Å². The molecule has 0 saturated carbocycles. The van der Waals surface area contributed by atoms with E-state index in [1.165, 1.54) is 6.07 Å². The van der Waals surface area contributed by atoms with E-state index in [1.54, 1.807) is 0 Å². The second-order valence-corrected chi connectivity index (χ2v) is 4.07. The second-order valence-electron chi connectivity index (χ2n) is 3.16. The van der Waals surface area contributed by atoms with Crippen LogP contribution in [0, 0.1) is 0 Å². The van der Waals surface area contributed by atoms with E-state index in [0.717, 1.165) is 12.3 Å². The Kier molecular flexibility index (Phi) is 4.59. The van der Waals surface area contributed by atoms with Gasteiger partial charge in [-0.1, -0.05) is 15.9 Å². The highest BCUT2D eigenvalue weighted by atomic mass is 79.9. The highest BCUT2D eigenvalue weighted by Gasteiger charge is 2.32. The number of aromatic hydroxyl groups is 1. The molecule has 0 heterocycles. The van der Waals surface area contributed by atoms with Gasteiger partial charge in [0.25, 0.3) is 0 Å². The summed E-state index contributed by atoms with van der Waals surface area (Å²) in [4.78, 5) is 0. The predicted molar refractivity (Wildman–Crippen MR) is 65.9 cm³/mol. The lowest BCUT2D eigenvalue weighted by Gasteiger charge is -2.11. The molecule has 0 amide bonds. The van der Waals surface area contributed by atoms with E-state index in [1.807, 2.05) is 0 Å². The van der Waals surface area contributed by atoms with Crippen LogP contribution >= 0.6 is 15.9 Å². The molecule has 0 aliphatic rings. The van der Waals surface area contributed by atoms with Crippen LogP contribution in [-0.4, -0.2) is 23.6 Å². The normalized spacial score (nSPS) is 11.6. The zero-order chi connectivity index (χ0) is 14.6. The molecule has 0 atom stereocenters. The highest BCUT2D eigenvalue weighted by Crippen LogP contribution is 2.36. The fraction of sp³-hybridized carbons (Fsp3) is 0.111. The number of benzene rings is 1. The summed E-state index contributed by atoms with van der Waals surface area (Å²) in [7, 11) is 0. The molecule has 19 heavy (non-hydrogen) atoms. The lowest BCUT2D eigenvalue weighted by Crippen LogP contribution is -2.21. The Morgan fingerprint density at radius 3 is 2.53 bits per heavy atom. The summed E-state index contributed by atoms with van der Waals surface area (Å²) < 4.78 is 40.2. The minimum atomic E-state index is -4.92. The van der Waals surface area contributed by atoms with E-state index in [-0.39, 0.29) is 16.0 Å². The summed E-state index contributed by atoms with van der Waals surface area (Å²) in [5.74, 6) is -1.85. The molecule has 1 aromatic carbocycles. The van der Waals surface area contributed by atoms with E-state index in [9.17, 15) is 18.3 Å². The molecule has 0 aromatic heterocycles. The number of nitrogens with two attached hydrogens (primary N) is 2. The van der Waals surface area contributed by atoms with Crippen molar-refractivity contribution >= 4 is 28.1 Å². The van der Waals surface area contributed by atoms with Gasteiger partial charge in [0.15, 0.2) is 11.5 Å². The number of ether oxygens (including phenoxy) is 1. The molecule has 0 fully saturated rings. The number of phenols is 1. The molecular weight excluding hydrogens is 333 g/mol. The molecular formula is C9H8BrF3N4O2. The van der Waals surface area contributed by atoms with Gasteiger partial charge >= 0.3 is 6.36 Å². The van der Waals surface area contributed by atoms with Gasteiger partial charge in [-0.05, 0) is 12.1 Å². The van der Waals surface area contributed by atoms with E-state index >= 15 is 0 Å². The molecule has 104 valence electrons. The number of hydrogen-bond donors (Lipinski definition) is 3. The summed E-state index contributed by atoms with van der Waals surface area (Å²) in [6, 6.07) is 2.27. The molecule has 1 rings (SSSR count). The number of nitrogens with zero attached hydrogens (tertiary/aromatic N) is 2. The zero-order valence-corrected chi connectivity index (χ0v) is 10.7. The smallest absolute Gasteiger partial charge is 0.504 e. The first-order chi connectivity index (χ1) is 8.69. The molecule has 0 bridgehead atoms. The van der Waals surface area contributed by atoms with Crippen LogP contribution in [0.15, 0.2) is 26.8 Å². The van der Waals surface area contributed by atoms with Crippen molar-refractivity contribution in [1.29, 1.82) is 0 Å². The van der Waals surface area contributed by atoms with E-state index in [2.05, 4.69) is 30.9 Å². The largest absolute Gasteiger partial charge is 0.573 e. The molecule has 6 nitrogen and oxygen atoms in total. The van der Waals surface area contributed by atoms with E-state index in [4.69, 9.17) is 11.5 Å². The Bertz CT molecular complexity index is 527. The minimum absolute atomic E-state index is 0.0568. The first kappa shape index (κ1) is 15.1. The van der Waals surface area contributed by atoms with Gasteiger partial charge in [-0.15, -0.1) is 18.3 Å². The molecule has 0 saturated heterocycles. The maximum Gasteiger partial charge on any atom is 0.573 e. The average Bonchev–Trinajstić information content (AvgIpc) is 2.21. The van der Waals surface area contributed by atoms with E-state index < -0.39 is 17.9 Å². The Labute approximate surface area is 113 Å². The van der Waals surface area contributed by atoms with Crippen LogP contribution in [0.1, 0.15) is 5.56 Å². The number of halogens is 4. The molecule has 0 unspecified atom stereocenters. The third-order valence-corrected chi connectivity index (χ3v) is 2.12. The third-order valence-electron chi connectivity index (χ3n) is 1.66. The first-order valence-corrected chi connectivity index (χ1v) is 5.38. The van der Waals surface area contributed by atoms with Crippen LogP contribution in [0.2, 0.25) is 0 Å². The van der Waals surface area contributed by atoms with Crippen molar-refractivity contribution in [3.05, 3.63) is 22.2 Å². The number of alkyl halides is 3. The SMILES string of the molecule is NC(N)=NN=Cc1cc(Br)cc(OC(F)(F)F)c1O. The lowest BCUT2D eigenvalue weighted by atomic mass is 10.2. The zero-order valence-electron chi connectivity index (χ0n) is 9.15. The Hall–Kier alpha value is -1.97. The summed E-state index contributed by atoms with van der Waals surface area (Å²) >= 11 is 2.97. The maximum absolute atomic E-state index is 12.1. The van der Waals surface area contributed by atoms with Crippen LogP contribution in [0.3, 0.4) is 0 Å². The fourth-order valence-corrected chi connectivity index (χ4v) is 1.51. The summed E-state index contributed by atoms with van der Waals surface area (Å²) in [6.07, 6.45) is -3.95. The van der Waals surface area contributed by atoms with Crippen LogP contribution < -0.4 is 16.2 Å². The van der Waals surface area contributed by atoms with Gasteiger partial charge in [0, 0.05) is 10.0 Å².